The van der Waals surface area contributed by atoms with Gasteiger partial charge in [0.1, 0.15) is 6.10 Å². The monoisotopic (exact) mass is 160 g/mol. The third-order valence-corrected chi connectivity index (χ3v) is 1.38. The van der Waals surface area contributed by atoms with Crippen molar-refractivity contribution in [3.63, 3.8) is 0 Å². The van der Waals surface area contributed by atoms with Crippen LogP contribution < -0.4 is 5.43 Å². The van der Waals surface area contributed by atoms with E-state index in [2.05, 4.69) is 5.10 Å². The zero-order valence-electron chi connectivity index (χ0n) is 5.56. The zero-order chi connectivity index (χ0) is 8.43. The van der Waals surface area contributed by atoms with Crippen LogP contribution in [0.2, 0.25) is 0 Å². The summed E-state index contributed by atoms with van der Waals surface area (Å²) in [6.45, 7) is -0.488. The summed E-state index contributed by atoms with van der Waals surface area (Å²) in [7, 11) is 0. The van der Waals surface area contributed by atoms with E-state index in [9.17, 15) is 4.79 Å². The summed E-state index contributed by atoms with van der Waals surface area (Å²) in [5, 5.41) is 29.7. The molecule has 0 radical (unpaired) electrons. The summed E-state index contributed by atoms with van der Waals surface area (Å²) >= 11 is 0. The molecule has 0 aromatic heterocycles. The standard InChI is InChI=1S/C5H8N2O4/c8-1-2-3(9)4(10)5(11)7-6-2/h3-4,8-10H,1H2,(H,7,11). The first-order valence-corrected chi connectivity index (χ1v) is 3.00. The van der Waals surface area contributed by atoms with Gasteiger partial charge < -0.3 is 15.3 Å². The van der Waals surface area contributed by atoms with Crippen molar-refractivity contribution >= 4 is 11.6 Å². The number of rotatable bonds is 1. The summed E-state index contributed by atoms with van der Waals surface area (Å²) in [6, 6.07) is 0. The van der Waals surface area contributed by atoms with Gasteiger partial charge in [-0.15, -0.1) is 0 Å². The average Bonchev–Trinajstić information content (AvgIpc) is 2.01. The molecule has 1 heterocycles. The Morgan fingerprint density at radius 3 is 2.64 bits per heavy atom. The molecule has 2 unspecified atom stereocenters. The van der Waals surface area contributed by atoms with E-state index in [0.29, 0.717) is 0 Å². The lowest BCUT2D eigenvalue weighted by molar-refractivity contribution is -0.133. The van der Waals surface area contributed by atoms with Gasteiger partial charge in [0, 0.05) is 0 Å². The van der Waals surface area contributed by atoms with Crippen LogP contribution in [0.25, 0.3) is 0 Å². The summed E-state index contributed by atoms with van der Waals surface area (Å²) in [6.07, 6.45) is -2.93. The van der Waals surface area contributed by atoms with Crippen LogP contribution in [0.4, 0.5) is 0 Å². The summed E-state index contributed by atoms with van der Waals surface area (Å²) in [4.78, 5) is 10.6. The van der Waals surface area contributed by atoms with Gasteiger partial charge >= 0.3 is 0 Å². The topological polar surface area (TPSA) is 102 Å². The molecule has 0 spiro atoms. The van der Waals surface area contributed by atoms with Crippen molar-refractivity contribution in [1.29, 1.82) is 0 Å². The Labute approximate surface area is 62.2 Å². The van der Waals surface area contributed by atoms with Crippen molar-refractivity contribution in [2.24, 2.45) is 5.10 Å². The Hall–Kier alpha value is -0.980. The molecular weight excluding hydrogens is 152 g/mol. The molecule has 6 heteroatoms. The highest BCUT2D eigenvalue weighted by Gasteiger charge is 2.31. The minimum atomic E-state index is -1.53. The highest BCUT2D eigenvalue weighted by molar-refractivity contribution is 5.99. The number of carbonyl (C=O) groups excluding carboxylic acids is 1. The Kier molecular flexibility index (Phi) is 2.18. The minimum Gasteiger partial charge on any atom is -0.390 e. The third kappa shape index (κ3) is 1.37. The molecule has 0 aliphatic carbocycles. The van der Waals surface area contributed by atoms with Crippen LogP contribution in [0.3, 0.4) is 0 Å². The van der Waals surface area contributed by atoms with Crippen LogP contribution in [-0.4, -0.2) is 45.8 Å². The number of amides is 1. The summed E-state index contributed by atoms with van der Waals surface area (Å²) in [5.41, 5.74) is 1.90. The van der Waals surface area contributed by atoms with Crippen LogP contribution in [-0.2, 0) is 4.79 Å². The van der Waals surface area contributed by atoms with Gasteiger partial charge in [0.05, 0.1) is 12.3 Å². The van der Waals surface area contributed by atoms with Crippen molar-refractivity contribution in [3.05, 3.63) is 0 Å². The molecule has 1 aliphatic heterocycles. The van der Waals surface area contributed by atoms with Crippen molar-refractivity contribution in [2.45, 2.75) is 12.2 Å². The second-order valence-electron chi connectivity index (χ2n) is 2.13. The predicted molar refractivity (Wildman–Crippen MR) is 34.7 cm³/mol. The number of carbonyl (C=O) groups is 1. The number of aliphatic hydroxyl groups is 3. The molecule has 1 rings (SSSR count). The average molecular weight is 160 g/mol. The summed E-state index contributed by atoms with van der Waals surface area (Å²) in [5.74, 6) is -0.769. The first kappa shape index (κ1) is 8.12. The molecular formula is C5H8N2O4. The van der Waals surface area contributed by atoms with E-state index in [-0.39, 0.29) is 5.71 Å². The molecule has 62 valence electrons. The Balaban J connectivity index is 2.78. The van der Waals surface area contributed by atoms with Crippen molar-refractivity contribution in [2.75, 3.05) is 6.61 Å². The number of nitrogens with zero attached hydrogens (tertiary/aromatic N) is 1. The molecule has 0 saturated carbocycles. The maximum Gasteiger partial charge on any atom is 0.272 e. The fourth-order valence-electron chi connectivity index (χ4n) is 0.714. The fourth-order valence-corrected chi connectivity index (χ4v) is 0.714. The van der Waals surface area contributed by atoms with E-state index in [0.717, 1.165) is 0 Å². The minimum absolute atomic E-state index is 0.0444. The lowest BCUT2D eigenvalue weighted by Gasteiger charge is -2.21. The first-order chi connectivity index (χ1) is 5.16. The second-order valence-corrected chi connectivity index (χ2v) is 2.13. The van der Waals surface area contributed by atoms with E-state index in [1.807, 2.05) is 5.43 Å². The number of hydrogen-bond acceptors (Lipinski definition) is 5. The van der Waals surface area contributed by atoms with Crippen LogP contribution in [0.15, 0.2) is 5.10 Å². The van der Waals surface area contributed by atoms with Gasteiger partial charge in [0.15, 0.2) is 6.10 Å². The van der Waals surface area contributed by atoms with Crippen LogP contribution in [0, 0.1) is 0 Å². The van der Waals surface area contributed by atoms with Gasteiger partial charge in [-0.2, -0.15) is 5.10 Å². The molecule has 4 N–H and O–H groups in total. The number of aliphatic hydroxyl groups excluding tert-OH is 3. The SMILES string of the molecule is O=C1NN=C(CO)C(O)C1O. The lowest BCUT2D eigenvalue weighted by Crippen LogP contribution is -2.50. The van der Waals surface area contributed by atoms with E-state index < -0.39 is 24.7 Å². The number of hydrazone groups is 1. The Morgan fingerprint density at radius 2 is 2.09 bits per heavy atom. The largest absolute Gasteiger partial charge is 0.390 e. The quantitative estimate of drug-likeness (QED) is 0.332. The third-order valence-electron chi connectivity index (χ3n) is 1.38. The molecule has 11 heavy (non-hydrogen) atoms. The molecule has 0 aromatic rings. The lowest BCUT2D eigenvalue weighted by atomic mass is 10.1. The molecule has 6 nitrogen and oxygen atoms in total. The number of nitrogens with one attached hydrogen (secondary N) is 1. The van der Waals surface area contributed by atoms with Crippen molar-refractivity contribution in [1.82, 2.24) is 5.43 Å². The second kappa shape index (κ2) is 2.95. The fraction of sp³-hybridized carbons (Fsp3) is 0.600. The smallest absolute Gasteiger partial charge is 0.272 e. The van der Waals surface area contributed by atoms with E-state index in [4.69, 9.17) is 15.3 Å². The maximum absolute atomic E-state index is 10.6. The van der Waals surface area contributed by atoms with Crippen LogP contribution in [0.5, 0.6) is 0 Å². The van der Waals surface area contributed by atoms with Crippen molar-refractivity contribution in [3.8, 4) is 0 Å². The Morgan fingerprint density at radius 1 is 1.45 bits per heavy atom. The van der Waals surface area contributed by atoms with Gasteiger partial charge in [0.2, 0.25) is 0 Å². The van der Waals surface area contributed by atoms with E-state index in [1.54, 1.807) is 0 Å². The zero-order valence-corrected chi connectivity index (χ0v) is 5.56. The highest BCUT2D eigenvalue weighted by atomic mass is 16.3. The molecule has 0 saturated heterocycles. The molecule has 1 amide bonds. The van der Waals surface area contributed by atoms with Crippen LogP contribution >= 0.6 is 0 Å². The highest BCUT2D eigenvalue weighted by Crippen LogP contribution is 2.01. The van der Waals surface area contributed by atoms with Gasteiger partial charge in [-0.1, -0.05) is 0 Å². The van der Waals surface area contributed by atoms with Crippen molar-refractivity contribution < 1.29 is 20.1 Å². The van der Waals surface area contributed by atoms with E-state index >= 15 is 0 Å². The Bertz CT molecular complexity index is 203. The first-order valence-electron chi connectivity index (χ1n) is 3.00. The molecule has 1 aliphatic rings. The van der Waals surface area contributed by atoms with Crippen LogP contribution in [0.1, 0.15) is 0 Å². The van der Waals surface area contributed by atoms with Gasteiger partial charge in [-0.05, 0) is 0 Å². The predicted octanol–water partition coefficient (Wildman–Crippen LogP) is -2.81. The molecule has 0 fully saturated rings. The molecule has 2 atom stereocenters. The maximum atomic E-state index is 10.6. The molecule has 0 aromatic carbocycles. The van der Waals surface area contributed by atoms with Gasteiger partial charge in [-0.25, -0.2) is 5.43 Å². The van der Waals surface area contributed by atoms with E-state index in [1.165, 1.54) is 0 Å². The molecule has 0 bridgehead atoms. The summed E-state index contributed by atoms with van der Waals surface area (Å²) < 4.78 is 0. The van der Waals surface area contributed by atoms with Gasteiger partial charge in [-0.3, -0.25) is 4.79 Å². The number of hydrogen-bond donors (Lipinski definition) is 4. The van der Waals surface area contributed by atoms with Gasteiger partial charge in [0.25, 0.3) is 5.91 Å². The normalized spacial score (nSPS) is 31.2.